The maximum atomic E-state index is 12.2. The predicted octanol–water partition coefficient (Wildman–Crippen LogP) is 5.03. The maximum Gasteiger partial charge on any atom is 0.387 e. The number of halogens is 4. The van der Waals surface area contributed by atoms with E-state index in [4.69, 9.17) is 4.74 Å². The van der Waals surface area contributed by atoms with Gasteiger partial charge < -0.3 is 9.47 Å². The largest absolute Gasteiger partial charge is 0.493 e. The first kappa shape index (κ1) is 18.7. The third kappa shape index (κ3) is 6.38. The molecule has 0 amide bonds. The van der Waals surface area contributed by atoms with Crippen molar-refractivity contribution in [1.82, 2.24) is 0 Å². The van der Waals surface area contributed by atoms with Crippen LogP contribution >= 0.6 is 0 Å². The summed E-state index contributed by atoms with van der Waals surface area (Å²) in [6.07, 6.45) is -2.73. The summed E-state index contributed by atoms with van der Waals surface area (Å²) in [5.74, 6) is 6.40. The van der Waals surface area contributed by atoms with E-state index in [1.165, 1.54) is 6.07 Å². The summed E-state index contributed by atoms with van der Waals surface area (Å²) in [5.41, 5.74) is 1.85. The van der Waals surface area contributed by atoms with Gasteiger partial charge in [0.15, 0.2) is 0 Å². The summed E-state index contributed by atoms with van der Waals surface area (Å²) in [7, 11) is 0. The zero-order chi connectivity index (χ0) is 18.2. The van der Waals surface area contributed by atoms with Crippen molar-refractivity contribution >= 4 is 0 Å². The zero-order valence-corrected chi connectivity index (χ0v) is 13.4. The molecule has 0 atom stereocenters. The quantitative estimate of drug-likeness (QED) is 0.536. The topological polar surface area (TPSA) is 18.5 Å². The Morgan fingerprint density at radius 3 is 2.32 bits per heavy atom. The summed E-state index contributed by atoms with van der Waals surface area (Å²) >= 11 is 0. The van der Waals surface area contributed by atoms with Crippen LogP contribution in [0.1, 0.15) is 23.1 Å². The highest BCUT2D eigenvalue weighted by Crippen LogP contribution is 2.21. The van der Waals surface area contributed by atoms with Gasteiger partial charge in [-0.05, 0) is 48.9 Å². The van der Waals surface area contributed by atoms with E-state index in [0.29, 0.717) is 22.4 Å². The highest BCUT2D eigenvalue weighted by atomic mass is 19.3. The Labute approximate surface area is 143 Å². The Balaban J connectivity index is 2.06. The van der Waals surface area contributed by atoms with Crippen molar-refractivity contribution < 1.29 is 27.0 Å². The Morgan fingerprint density at radius 1 is 0.960 bits per heavy atom. The van der Waals surface area contributed by atoms with Crippen LogP contribution in [0.25, 0.3) is 0 Å². The fourth-order valence-corrected chi connectivity index (χ4v) is 2.03. The average molecular weight is 352 g/mol. The molecule has 0 radical (unpaired) electrons. The fourth-order valence-electron chi connectivity index (χ4n) is 2.03. The highest BCUT2D eigenvalue weighted by Gasteiger charge is 2.07. The second-order valence-corrected chi connectivity index (χ2v) is 5.16. The Hall–Kier alpha value is -2.68. The molecule has 0 heterocycles. The standard InChI is InChI=1S/C19H16F4O2/c1-13-11-15(7-8-17(13)25-19(22)23)6-5-14-3-2-4-16(12-14)24-10-9-18(20)21/h2-4,7-8,11-12,18-19H,9-10H2,1H3. The Bertz CT molecular complexity index is 764. The van der Waals surface area contributed by atoms with E-state index in [1.807, 2.05) is 0 Å². The lowest BCUT2D eigenvalue weighted by molar-refractivity contribution is -0.0502. The molecular formula is C19H16F4O2. The van der Waals surface area contributed by atoms with Gasteiger partial charge in [0.2, 0.25) is 6.43 Å². The number of rotatable bonds is 6. The predicted molar refractivity (Wildman–Crippen MR) is 86.3 cm³/mol. The summed E-state index contributed by atoms with van der Waals surface area (Å²) in [6.45, 7) is -1.29. The van der Waals surface area contributed by atoms with Crippen molar-refractivity contribution in [3.05, 3.63) is 59.2 Å². The van der Waals surface area contributed by atoms with Crippen molar-refractivity contribution in [1.29, 1.82) is 0 Å². The van der Waals surface area contributed by atoms with Gasteiger partial charge in [0.05, 0.1) is 6.61 Å². The van der Waals surface area contributed by atoms with E-state index in [-0.39, 0.29) is 18.8 Å². The first-order valence-electron chi connectivity index (χ1n) is 7.52. The Kier molecular flexibility index (Phi) is 6.70. The number of aryl methyl sites for hydroxylation is 1. The number of hydrogen-bond acceptors (Lipinski definition) is 2. The lowest BCUT2D eigenvalue weighted by Crippen LogP contribution is -2.03. The van der Waals surface area contributed by atoms with E-state index in [9.17, 15) is 17.6 Å². The lowest BCUT2D eigenvalue weighted by Gasteiger charge is -2.07. The van der Waals surface area contributed by atoms with E-state index >= 15 is 0 Å². The van der Waals surface area contributed by atoms with Crippen LogP contribution in [0.4, 0.5) is 17.6 Å². The minimum atomic E-state index is -2.87. The molecule has 6 heteroatoms. The van der Waals surface area contributed by atoms with Crippen molar-refractivity contribution in [3.8, 4) is 23.3 Å². The number of alkyl halides is 4. The average Bonchev–Trinajstić information content (AvgIpc) is 2.55. The van der Waals surface area contributed by atoms with Crippen molar-refractivity contribution in [2.24, 2.45) is 0 Å². The second-order valence-electron chi connectivity index (χ2n) is 5.16. The van der Waals surface area contributed by atoms with E-state index in [1.54, 1.807) is 43.3 Å². The van der Waals surface area contributed by atoms with Crippen LogP contribution in [-0.4, -0.2) is 19.6 Å². The molecule has 0 bridgehead atoms. The lowest BCUT2D eigenvalue weighted by atomic mass is 10.1. The van der Waals surface area contributed by atoms with Gasteiger partial charge in [-0.25, -0.2) is 8.78 Å². The minimum absolute atomic E-state index is 0.0701. The molecule has 0 saturated heterocycles. The van der Waals surface area contributed by atoms with Gasteiger partial charge in [0.25, 0.3) is 0 Å². The molecule has 0 spiro atoms. The van der Waals surface area contributed by atoms with Crippen LogP contribution in [0.5, 0.6) is 11.5 Å². The van der Waals surface area contributed by atoms with Crippen LogP contribution in [0.2, 0.25) is 0 Å². The highest BCUT2D eigenvalue weighted by molar-refractivity contribution is 5.48. The van der Waals surface area contributed by atoms with E-state index < -0.39 is 13.0 Å². The molecule has 2 nitrogen and oxygen atoms in total. The van der Waals surface area contributed by atoms with Gasteiger partial charge in [-0.15, -0.1) is 0 Å². The molecule has 25 heavy (non-hydrogen) atoms. The molecular weight excluding hydrogens is 336 g/mol. The molecule has 2 aromatic rings. The number of benzene rings is 2. The molecule has 0 aromatic heterocycles. The van der Waals surface area contributed by atoms with Gasteiger partial charge in [-0.1, -0.05) is 17.9 Å². The molecule has 2 rings (SSSR count). The number of hydrogen-bond donors (Lipinski definition) is 0. The Morgan fingerprint density at radius 2 is 1.68 bits per heavy atom. The van der Waals surface area contributed by atoms with Crippen LogP contribution in [-0.2, 0) is 0 Å². The zero-order valence-electron chi connectivity index (χ0n) is 13.4. The minimum Gasteiger partial charge on any atom is -0.493 e. The van der Waals surface area contributed by atoms with Gasteiger partial charge in [-0.3, -0.25) is 0 Å². The summed E-state index contributed by atoms with van der Waals surface area (Å²) < 4.78 is 58.3. The SMILES string of the molecule is Cc1cc(C#Cc2cccc(OCCC(F)F)c2)ccc1OC(F)F. The molecule has 0 unspecified atom stereocenters. The molecule has 2 aromatic carbocycles. The van der Waals surface area contributed by atoms with E-state index in [2.05, 4.69) is 16.6 Å². The molecule has 0 saturated carbocycles. The smallest absolute Gasteiger partial charge is 0.387 e. The van der Waals surface area contributed by atoms with Gasteiger partial charge in [0.1, 0.15) is 11.5 Å². The normalized spacial score (nSPS) is 10.5. The summed E-state index contributed by atoms with van der Waals surface area (Å²) in [6, 6.07) is 11.5. The third-order valence-electron chi connectivity index (χ3n) is 3.18. The van der Waals surface area contributed by atoms with Crippen LogP contribution in [0.15, 0.2) is 42.5 Å². The van der Waals surface area contributed by atoms with Crippen LogP contribution in [0.3, 0.4) is 0 Å². The third-order valence-corrected chi connectivity index (χ3v) is 3.18. The van der Waals surface area contributed by atoms with Crippen LogP contribution < -0.4 is 9.47 Å². The molecule has 0 aliphatic heterocycles. The monoisotopic (exact) mass is 352 g/mol. The molecule has 0 aliphatic rings. The van der Waals surface area contributed by atoms with Gasteiger partial charge >= 0.3 is 6.61 Å². The van der Waals surface area contributed by atoms with E-state index in [0.717, 1.165) is 0 Å². The summed E-state index contributed by atoms with van der Waals surface area (Å²) in [4.78, 5) is 0. The van der Waals surface area contributed by atoms with Crippen molar-refractivity contribution in [3.63, 3.8) is 0 Å². The van der Waals surface area contributed by atoms with Crippen molar-refractivity contribution in [2.45, 2.75) is 26.4 Å². The van der Waals surface area contributed by atoms with Crippen LogP contribution in [0, 0.1) is 18.8 Å². The number of ether oxygens (including phenoxy) is 2. The van der Waals surface area contributed by atoms with Gasteiger partial charge in [-0.2, -0.15) is 8.78 Å². The first-order valence-corrected chi connectivity index (χ1v) is 7.52. The molecule has 0 N–H and O–H groups in total. The first-order chi connectivity index (χ1) is 11.9. The van der Waals surface area contributed by atoms with Crippen molar-refractivity contribution in [2.75, 3.05) is 6.61 Å². The maximum absolute atomic E-state index is 12.2. The molecule has 0 fully saturated rings. The molecule has 0 aliphatic carbocycles. The fraction of sp³-hybridized carbons (Fsp3) is 0.263. The second kappa shape index (κ2) is 8.97. The molecule has 132 valence electrons. The summed E-state index contributed by atoms with van der Waals surface area (Å²) in [5, 5.41) is 0. The van der Waals surface area contributed by atoms with Gasteiger partial charge in [0, 0.05) is 17.5 Å².